The van der Waals surface area contributed by atoms with Gasteiger partial charge in [0.2, 0.25) is 0 Å². The molecule has 0 fully saturated rings. The van der Waals surface area contributed by atoms with Crippen LogP contribution < -0.4 is 4.74 Å². The van der Waals surface area contributed by atoms with E-state index in [9.17, 15) is 5.26 Å². The summed E-state index contributed by atoms with van der Waals surface area (Å²) < 4.78 is 5.97. The Bertz CT molecular complexity index is 1420. The lowest BCUT2D eigenvalue weighted by atomic mass is 9.93. The van der Waals surface area contributed by atoms with E-state index in [1.807, 2.05) is 84.9 Å². The van der Waals surface area contributed by atoms with Crippen molar-refractivity contribution in [2.75, 3.05) is 0 Å². The highest BCUT2D eigenvalue weighted by Gasteiger charge is 2.09. The molecule has 3 aromatic carbocycles. The molecule has 0 radical (unpaired) electrons. The Morgan fingerprint density at radius 3 is 2.34 bits per heavy atom. The zero-order valence-electron chi connectivity index (χ0n) is 17.3. The van der Waals surface area contributed by atoms with E-state index in [1.165, 1.54) is 0 Å². The number of para-hydroxylation sites is 1. The first-order valence-corrected chi connectivity index (χ1v) is 10.3. The summed E-state index contributed by atoms with van der Waals surface area (Å²) >= 11 is 0. The molecule has 4 nitrogen and oxygen atoms in total. The Morgan fingerprint density at radius 2 is 1.53 bits per heavy atom. The maximum atomic E-state index is 9.37. The number of benzene rings is 3. The Balaban J connectivity index is 1.39. The summed E-state index contributed by atoms with van der Waals surface area (Å²) in [6.45, 7) is 0.399. The topological polar surface area (TPSA) is 58.8 Å². The van der Waals surface area contributed by atoms with Crippen LogP contribution >= 0.6 is 0 Å². The summed E-state index contributed by atoms with van der Waals surface area (Å²) in [6.07, 6.45) is 3.55. The number of rotatable bonds is 5. The van der Waals surface area contributed by atoms with Crippen LogP contribution in [-0.2, 0) is 6.61 Å². The fraction of sp³-hybridized carbons (Fsp3) is 0.0357. The minimum atomic E-state index is 0.399. The molecule has 32 heavy (non-hydrogen) atoms. The fourth-order valence-electron chi connectivity index (χ4n) is 3.71. The molecule has 0 saturated carbocycles. The third kappa shape index (κ3) is 4.05. The Hall–Kier alpha value is -4.49. The summed E-state index contributed by atoms with van der Waals surface area (Å²) in [5.74, 6) is 0.769. The van der Waals surface area contributed by atoms with Crippen LogP contribution in [0.1, 0.15) is 11.3 Å². The average Bonchev–Trinajstić information content (AvgIpc) is 2.88. The lowest BCUT2D eigenvalue weighted by Crippen LogP contribution is -1.98. The molecule has 0 saturated heterocycles. The van der Waals surface area contributed by atoms with Crippen LogP contribution in [0.5, 0.6) is 5.75 Å². The van der Waals surface area contributed by atoms with Crippen LogP contribution in [0.25, 0.3) is 33.2 Å². The second kappa shape index (κ2) is 8.71. The summed E-state index contributed by atoms with van der Waals surface area (Å²) in [5.41, 5.74) is 6.60. The van der Waals surface area contributed by atoms with Gasteiger partial charge in [0.1, 0.15) is 12.4 Å². The molecule has 5 aromatic rings. The van der Waals surface area contributed by atoms with Gasteiger partial charge in [0, 0.05) is 17.8 Å². The van der Waals surface area contributed by atoms with Gasteiger partial charge in [-0.2, -0.15) is 5.26 Å². The first kappa shape index (κ1) is 19.5. The van der Waals surface area contributed by atoms with Crippen LogP contribution in [0.2, 0.25) is 0 Å². The van der Waals surface area contributed by atoms with Gasteiger partial charge < -0.3 is 4.74 Å². The second-order valence-electron chi connectivity index (χ2n) is 7.42. The summed E-state index contributed by atoms with van der Waals surface area (Å²) in [7, 11) is 0. The molecule has 0 aliphatic rings. The molecule has 0 atom stereocenters. The van der Waals surface area contributed by atoms with Gasteiger partial charge in [0.25, 0.3) is 0 Å². The lowest BCUT2D eigenvalue weighted by molar-refractivity contribution is 0.302. The third-order valence-corrected chi connectivity index (χ3v) is 5.35. The van der Waals surface area contributed by atoms with E-state index in [0.717, 1.165) is 44.6 Å². The highest BCUT2D eigenvalue weighted by atomic mass is 16.5. The van der Waals surface area contributed by atoms with Crippen LogP contribution in [0.4, 0.5) is 0 Å². The molecular formula is C28H19N3O. The lowest BCUT2D eigenvalue weighted by Gasteiger charge is -2.12. The smallest absolute Gasteiger partial charge is 0.130 e. The SMILES string of the molecule is N#Cc1ccc(-c2ccncc2)c(-c2ccc(OCc3ccc4ccccc4n3)cc2)c1. The minimum absolute atomic E-state index is 0.399. The molecule has 0 unspecified atom stereocenters. The van der Waals surface area contributed by atoms with Crippen molar-refractivity contribution in [3.8, 4) is 34.1 Å². The first-order chi connectivity index (χ1) is 15.8. The molecule has 4 heteroatoms. The number of aromatic nitrogens is 2. The van der Waals surface area contributed by atoms with Gasteiger partial charge in [-0.3, -0.25) is 4.98 Å². The number of nitrogens with zero attached hydrogens (tertiary/aromatic N) is 3. The predicted molar refractivity (Wildman–Crippen MR) is 126 cm³/mol. The molecular weight excluding hydrogens is 394 g/mol. The van der Waals surface area contributed by atoms with Crippen LogP contribution in [-0.4, -0.2) is 9.97 Å². The van der Waals surface area contributed by atoms with Gasteiger partial charge in [0.05, 0.1) is 22.8 Å². The van der Waals surface area contributed by atoms with E-state index in [1.54, 1.807) is 12.4 Å². The standard InChI is InChI=1S/C28H19N3O/c29-18-20-5-12-26(22-13-15-30-16-14-22)27(17-20)21-7-10-25(11-8-21)32-19-24-9-6-23-3-1-2-4-28(23)31-24/h1-17H,19H2. The van der Waals surface area contributed by atoms with Gasteiger partial charge >= 0.3 is 0 Å². The van der Waals surface area contributed by atoms with E-state index in [4.69, 9.17) is 4.74 Å². The Morgan fingerprint density at radius 1 is 0.750 bits per heavy atom. The molecule has 2 aromatic heterocycles. The highest BCUT2D eigenvalue weighted by Crippen LogP contribution is 2.33. The van der Waals surface area contributed by atoms with E-state index in [0.29, 0.717) is 12.2 Å². The third-order valence-electron chi connectivity index (χ3n) is 5.35. The van der Waals surface area contributed by atoms with E-state index < -0.39 is 0 Å². The monoisotopic (exact) mass is 413 g/mol. The molecule has 152 valence electrons. The van der Waals surface area contributed by atoms with E-state index in [-0.39, 0.29) is 0 Å². The second-order valence-corrected chi connectivity index (χ2v) is 7.42. The van der Waals surface area contributed by atoms with Crippen LogP contribution in [0, 0.1) is 11.3 Å². The number of pyridine rings is 2. The predicted octanol–water partition coefficient (Wildman–Crippen LogP) is 6.41. The van der Waals surface area contributed by atoms with Gasteiger partial charge in [-0.05, 0) is 70.8 Å². The van der Waals surface area contributed by atoms with Crippen molar-refractivity contribution in [1.82, 2.24) is 9.97 Å². The average molecular weight is 413 g/mol. The van der Waals surface area contributed by atoms with Crippen molar-refractivity contribution in [2.24, 2.45) is 0 Å². The molecule has 0 aliphatic heterocycles. The van der Waals surface area contributed by atoms with Gasteiger partial charge in [-0.1, -0.05) is 42.5 Å². The van der Waals surface area contributed by atoms with Crippen molar-refractivity contribution < 1.29 is 4.74 Å². The van der Waals surface area contributed by atoms with E-state index in [2.05, 4.69) is 22.1 Å². The fourth-order valence-corrected chi connectivity index (χ4v) is 3.71. The molecule has 5 rings (SSSR count). The minimum Gasteiger partial charge on any atom is -0.487 e. The number of hydrogen-bond acceptors (Lipinski definition) is 4. The summed E-state index contributed by atoms with van der Waals surface area (Å²) in [5, 5.41) is 10.5. The molecule has 2 heterocycles. The zero-order valence-corrected chi connectivity index (χ0v) is 17.3. The number of nitriles is 1. The van der Waals surface area contributed by atoms with Crippen molar-refractivity contribution in [2.45, 2.75) is 6.61 Å². The van der Waals surface area contributed by atoms with Crippen LogP contribution in [0.3, 0.4) is 0 Å². The quantitative estimate of drug-likeness (QED) is 0.334. The van der Waals surface area contributed by atoms with Gasteiger partial charge in [0.15, 0.2) is 0 Å². The van der Waals surface area contributed by atoms with Crippen molar-refractivity contribution in [1.29, 1.82) is 5.26 Å². The number of ether oxygens (including phenoxy) is 1. The molecule has 0 bridgehead atoms. The molecule has 0 amide bonds. The maximum Gasteiger partial charge on any atom is 0.130 e. The number of fused-ring (bicyclic) bond motifs is 1. The Labute approximate surface area is 186 Å². The maximum absolute atomic E-state index is 9.37. The van der Waals surface area contributed by atoms with Gasteiger partial charge in [-0.15, -0.1) is 0 Å². The van der Waals surface area contributed by atoms with Crippen molar-refractivity contribution in [3.05, 3.63) is 115 Å². The zero-order chi connectivity index (χ0) is 21.8. The normalized spacial score (nSPS) is 10.6. The van der Waals surface area contributed by atoms with E-state index >= 15 is 0 Å². The molecule has 0 N–H and O–H groups in total. The van der Waals surface area contributed by atoms with Crippen molar-refractivity contribution >= 4 is 10.9 Å². The van der Waals surface area contributed by atoms with Gasteiger partial charge in [-0.25, -0.2) is 4.98 Å². The Kier molecular flexibility index (Phi) is 5.30. The molecule has 0 spiro atoms. The largest absolute Gasteiger partial charge is 0.487 e. The first-order valence-electron chi connectivity index (χ1n) is 10.3. The van der Waals surface area contributed by atoms with Crippen molar-refractivity contribution in [3.63, 3.8) is 0 Å². The highest BCUT2D eigenvalue weighted by molar-refractivity contribution is 5.84. The number of hydrogen-bond donors (Lipinski definition) is 0. The van der Waals surface area contributed by atoms with Crippen LogP contribution in [0.15, 0.2) is 103 Å². The summed E-state index contributed by atoms with van der Waals surface area (Å²) in [4.78, 5) is 8.77. The molecule has 0 aliphatic carbocycles. The summed E-state index contributed by atoms with van der Waals surface area (Å²) in [6, 6.07) is 32.0.